The minimum absolute atomic E-state index is 0.124. The highest BCUT2D eigenvalue weighted by atomic mass is 16.5. The molecule has 2 nitrogen and oxygen atoms in total. The standard InChI is InChI=1S/C15H23O2.C2H6/c1-5-11-10-7-13(12(11)6-2)14(8-10)17-15(16)9(3)4;1-2/h10-14H,3-8H2,1-2H3;1-2H3. The van der Waals surface area contributed by atoms with Gasteiger partial charge in [-0.05, 0) is 43.4 Å². The summed E-state index contributed by atoms with van der Waals surface area (Å²) in [6.45, 7) is 15.6. The van der Waals surface area contributed by atoms with Crippen LogP contribution in [-0.4, -0.2) is 12.1 Å². The summed E-state index contributed by atoms with van der Waals surface area (Å²) in [5, 5.41) is 0. The summed E-state index contributed by atoms with van der Waals surface area (Å²) in [5.41, 5.74) is 0.271. The fourth-order valence-electron chi connectivity index (χ4n) is 4.14. The second-order valence-electron chi connectivity index (χ2n) is 5.59. The van der Waals surface area contributed by atoms with Gasteiger partial charge in [0, 0.05) is 5.57 Å². The Balaban J connectivity index is 0.000000861. The molecule has 0 aromatic carbocycles. The van der Waals surface area contributed by atoms with Crippen molar-refractivity contribution in [3.63, 3.8) is 0 Å². The van der Waals surface area contributed by atoms with E-state index in [2.05, 4.69) is 27.4 Å². The molecule has 0 saturated heterocycles. The molecule has 5 atom stereocenters. The molecule has 0 heterocycles. The quantitative estimate of drug-likeness (QED) is 0.556. The number of hydrogen-bond acceptors (Lipinski definition) is 2. The van der Waals surface area contributed by atoms with Crippen LogP contribution >= 0.6 is 0 Å². The van der Waals surface area contributed by atoms with Gasteiger partial charge in [0.25, 0.3) is 0 Å². The summed E-state index contributed by atoms with van der Waals surface area (Å²) in [4.78, 5) is 11.5. The van der Waals surface area contributed by atoms with E-state index in [1.165, 1.54) is 19.3 Å². The largest absolute Gasteiger partial charge is 0.459 e. The van der Waals surface area contributed by atoms with Crippen molar-refractivity contribution in [2.24, 2.45) is 23.7 Å². The molecule has 0 N–H and O–H groups in total. The van der Waals surface area contributed by atoms with E-state index < -0.39 is 0 Å². The number of hydrogen-bond donors (Lipinski definition) is 0. The van der Waals surface area contributed by atoms with Gasteiger partial charge in [-0.2, -0.15) is 0 Å². The van der Waals surface area contributed by atoms with E-state index in [0.717, 1.165) is 24.2 Å². The molecule has 2 fully saturated rings. The van der Waals surface area contributed by atoms with Gasteiger partial charge in [-0.3, -0.25) is 0 Å². The van der Waals surface area contributed by atoms with Crippen molar-refractivity contribution in [2.75, 3.05) is 0 Å². The van der Waals surface area contributed by atoms with Crippen molar-refractivity contribution >= 4 is 5.97 Å². The van der Waals surface area contributed by atoms with Gasteiger partial charge in [0.2, 0.25) is 0 Å². The van der Waals surface area contributed by atoms with E-state index in [4.69, 9.17) is 4.74 Å². The molecule has 2 aliphatic rings. The predicted octanol–water partition coefficient (Wildman–Crippen LogP) is 4.41. The lowest BCUT2D eigenvalue weighted by Crippen LogP contribution is -2.34. The van der Waals surface area contributed by atoms with E-state index in [1.54, 1.807) is 0 Å². The summed E-state index contributed by atoms with van der Waals surface area (Å²) >= 11 is 0. The Morgan fingerprint density at radius 3 is 2.21 bits per heavy atom. The lowest BCUT2D eigenvalue weighted by molar-refractivity contribution is -0.148. The van der Waals surface area contributed by atoms with Crippen LogP contribution in [0.15, 0.2) is 12.2 Å². The molecule has 5 unspecified atom stereocenters. The van der Waals surface area contributed by atoms with Crippen molar-refractivity contribution in [1.82, 2.24) is 0 Å². The zero-order valence-corrected chi connectivity index (χ0v) is 12.9. The normalized spacial score (nSPS) is 35.5. The Morgan fingerprint density at radius 2 is 1.74 bits per heavy atom. The van der Waals surface area contributed by atoms with Gasteiger partial charge in [0.05, 0.1) is 0 Å². The summed E-state index contributed by atoms with van der Waals surface area (Å²) in [6.07, 6.45) is 4.90. The maximum atomic E-state index is 11.5. The van der Waals surface area contributed by atoms with Gasteiger partial charge in [-0.25, -0.2) is 4.79 Å². The van der Waals surface area contributed by atoms with Gasteiger partial charge in [-0.1, -0.05) is 47.1 Å². The molecule has 1 radical (unpaired) electrons. The maximum absolute atomic E-state index is 11.5. The zero-order chi connectivity index (χ0) is 14.6. The molecule has 0 aromatic rings. The highest BCUT2D eigenvalue weighted by molar-refractivity contribution is 5.88. The fourth-order valence-corrected chi connectivity index (χ4v) is 4.14. The van der Waals surface area contributed by atoms with Crippen LogP contribution in [0.1, 0.15) is 53.4 Å². The van der Waals surface area contributed by atoms with E-state index in [9.17, 15) is 4.79 Å². The van der Waals surface area contributed by atoms with E-state index in [1.807, 2.05) is 13.8 Å². The number of ether oxygens (including phenoxy) is 1. The highest BCUT2D eigenvalue weighted by Gasteiger charge is 2.52. The molecular weight excluding hydrogens is 236 g/mol. The minimum atomic E-state index is -0.314. The Bertz CT molecular complexity index is 321. The number of rotatable bonds is 4. The van der Waals surface area contributed by atoms with Crippen LogP contribution < -0.4 is 0 Å². The molecule has 2 bridgehead atoms. The van der Waals surface area contributed by atoms with Gasteiger partial charge < -0.3 is 4.74 Å². The van der Waals surface area contributed by atoms with E-state index in [-0.39, 0.29) is 17.6 Å². The minimum Gasteiger partial charge on any atom is -0.459 e. The molecule has 0 amide bonds. The van der Waals surface area contributed by atoms with E-state index in [0.29, 0.717) is 5.92 Å². The van der Waals surface area contributed by atoms with Crippen molar-refractivity contribution < 1.29 is 9.53 Å². The van der Waals surface area contributed by atoms with Gasteiger partial charge in [0.1, 0.15) is 6.10 Å². The van der Waals surface area contributed by atoms with Crippen LogP contribution in [0.25, 0.3) is 0 Å². The molecule has 2 heteroatoms. The highest BCUT2D eigenvalue weighted by Crippen LogP contribution is 2.55. The molecule has 2 rings (SSSR count). The third kappa shape index (κ3) is 3.21. The second-order valence-corrected chi connectivity index (χ2v) is 5.59. The van der Waals surface area contributed by atoms with Crippen LogP contribution in [0.4, 0.5) is 0 Å². The van der Waals surface area contributed by atoms with Crippen molar-refractivity contribution in [2.45, 2.75) is 59.5 Å². The third-order valence-electron chi connectivity index (χ3n) is 4.78. The molecule has 19 heavy (non-hydrogen) atoms. The monoisotopic (exact) mass is 265 g/mol. The van der Waals surface area contributed by atoms with Crippen molar-refractivity contribution in [3.05, 3.63) is 19.1 Å². The lowest BCUT2D eigenvalue weighted by Gasteiger charge is -2.34. The SMILES string of the molecule is CC.[CH2]C(=C)C(=O)OC1CC2CC1C(CC)C2CC. The molecule has 2 aliphatic carbocycles. The summed E-state index contributed by atoms with van der Waals surface area (Å²) < 4.78 is 5.53. The number of carbonyl (C=O) groups excluding carboxylic acids is 1. The molecule has 2 saturated carbocycles. The van der Waals surface area contributed by atoms with Gasteiger partial charge >= 0.3 is 5.97 Å². The van der Waals surface area contributed by atoms with Gasteiger partial charge in [0.15, 0.2) is 0 Å². The Hall–Kier alpha value is -0.790. The first kappa shape index (κ1) is 16.3. The number of fused-ring (bicyclic) bond motifs is 2. The second kappa shape index (κ2) is 7.12. The average molecular weight is 265 g/mol. The maximum Gasteiger partial charge on any atom is 0.333 e. The molecule has 0 aromatic heterocycles. The van der Waals surface area contributed by atoms with Crippen LogP contribution in [0.3, 0.4) is 0 Å². The first-order chi connectivity index (χ1) is 9.08. The first-order valence-electron chi connectivity index (χ1n) is 7.80. The topological polar surface area (TPSA) is 26.3 Å². The van der Waals surface area contributed by atoms with E-state index >= 15 is 0 Å². The molecule has 0 spiro atoms. The molecular formula is C17H29O2. The summed E-state index contributed by atoms with van der Waals surface area (Å²) in [7, 11) is 0. The number of carbonyl (C=O) groups is 1. The zero-order valence-electron chi connectivity index (χ0n) is 12.9. The van der Waals surface area contributed by atoms with Gasteiger partial charge in [-0.15, -0.1) is 0 Å². The average Bonchev–Trinajstić information content (AvgIpc) is 2.97. The molecule has 0 aliphatic heterocycles. The molecule has 109 valence electrons. The summed E-state index contributed by atoms with van der Waals surface area (Å²) in [5.74, 6) is 2.63. The Kier molecular flexibility index (Phi) is 6.09. The Morgan fingerprint density at radius 1 is 1.16 bits per heavy atom. The fraction of sp³-hybridized carbons (Fsp3) is 0.765. The van der Waals surface area contributed by atoms with Crippen LogP contribution in [0, 0.1) is 30.6 Å². The first-order valence-corrected chi connectivity index (χ1v) is 7.80. The number of esters is 1. The third-order valence-corrected chi connectivity index (χ3v) is 4.78. The summed E-state index contributed by atoms with van der Waals surface area (Å²) in [6, 6.07) is 0. The van der Waals surface area contributed by atoms with Crippen LogP contribution in [0.2, 0.25) is 0 Å². The predicted molar refractivity (Wildman–Crippen MR) is 79.5 cm³/mol. The lowest BCUT2D eigenvalue weighted by atomic mass is 9.75. The van der Waals surface area contributed by atoms with Crippen LogP contribution in [0.5, 0.6) is 0 Å². The van der Waals surface area contributed by atoms with Crippen LogP contribution in [-0.2, 0) is 9.53 Å². The Labute approximate surface area is 118 Å². The van der Waals surface area contributed by atoms with Crippen molar-refractivity contribution in [1.29, 1.82) is 0 Å². The smallest absolute Gasteiger partial charge is 0.333 e. The van der Waals surface area contributed by atoms with Crippen molar-refractivity contribution in [3.8, 4) is 0 Å².